The van der Waals surface area contributed by atoms with Crippen molar-refractivity contribution in [2.45, 2.75) is 13.1 Å². The molecule has 0 aliphatic rings. The van der Waals surface area contributed by atoms with Crippen molar-refractivity contribution in [3.8, 4) is 16.9 Å². The zero-order valence-electron chi connectivity index (χ0n) is 19.0. The van der Waals surface area contributed by atoms with Crippen molar-refractivity contribution < 1.29 is 9.53 Å². The minimum absolute atomic E-state index is 0. The minimum atomic E-state index is -0.183. The molecule has 5 nitrogen and oxygen atoms in total. The first-order chi connectivity index (χ1) is 16.7. The van der Waals surface area contributed by atoms with Gasteiger partial charge in [0.25, 0.3) is 5.91 Å². The number of benzene rings is 3. The van der Waals surface area contributed by atoms with E-state index in [9.17, 15) is 4.79 Å². The first-order valence-corrected chi connectivity index (χ1v) is 12.6. The van der Waals surface area contributed by atoms with Crippen LogP contribution in [-0.2, 0) is 13.1 Å². The van der Waals surface area contributed by atoms with E-state index in [4.69, 9.17) is 4.74 Å². The molecule has 35 heavy (non-hydrogen) atoms. The Labute approximate surface area is 218 Å². The highest BCUT2D eigenvalue weighted by atomic mass is 35.5. The Bertz CT molecular complexity index is 1400. The third kappa shape index (κ3) is 5.71. The van der Waals surface area contributed by atoms with Gasteiger partial charge in [-0.05, 0) is 46.8 Å². The summed E-state index contributed by atoms with van der Waals surface area (Å²) in [7, 11) is 1.63. The maximum atomic E-state index is 12.9. The molecule has 2 heterocycles. The summed E-state index contributed by atoms with van der Waals surface area (Å²) in [5, 5.41) is 9.01. The van der Waals surface area contributed by atoms with Gasteiger partial charge in [-0.25, -0.2) is 4.98 Å². The molecular weight excluding hydrogens is 498 g/mol. The summed E-state index contributed by atoms with van der Waals surface area (Å²) >= 11 is 3.19. The van der Waals surface area contributed by atoms with E-state index in [0.717, 1.165) is 40.0 Å². The van der Waals surface area contributed by atoms with Gasteiger partial charge in [0.2, 0.25) is 0 Å². The SMILES string of the molecule is COc1ccc(-c2ccccc2)c2sc(NC(=O)c3ccc(CNCc4cccs4)cc3)nc12.Cl. The highest BCUT2D eigenvalue weighted by Gasteiger charge is 2.16. The van der Waals surface area contributed by atoms with Crippen LogP contribution in [0.2, 0.25) is 0 Å². The molecule has 5 aromatic rings. The van der Waals surface area contributed by atoms with Crippen molar-refractivity contribution >= 4 is 56.3 Å². The van der Waals surface area contributed by atoms with Gasteiger partial charge in [0.05, 0.1) is 11.8 Å². The topological polar surface area (TPSA) is 63.2 Å². The average molecular weight is 522 g/mol. The van der Waals surface area contributed by atoms with Gasteiger partial charge in [0, 0.05) is 29.1 Å². The Morgan fingerprint density at radius 1 is 0.943 bits per heavy atom. The number of anilines is 1. The van der Waals surface area contributed by atoms with Gasteiger partial charge in [-0.1, -0.05) is 59.9 Å². The lowest BCUT2D eigenvalue weighted by molar-refractivity contribution is 0.102. The van der Waals surface area contributed by atoms with E-state index < -0.39 is 0 Å². The first-order valence-electron chi connectivity index (χ1n) is 10.9. The van der Waals surface area contributed by atoms with E-state index in [2.05, 4.69) is 45.3 Å². The predicted molar refractivity (Wildman–Crippen MR) is 148 cm³/mol. The van der Waals surface area contributed by atoms with Crippen LogP contribution in [0.3, 0.4) is 0 Å². The quantitative estimate of drug-likeness (QED) is 0.231. The highest BCUT2D eigenvalue weighted by Crippen LogP contribution is 2.39. The lowest BCUT2D eigenvalue weighted by Gasteiger charge is -2.05. The largest absolute Gasteiger partial charge is 0.494 e. The molecule has 0 saturated carbocycles. The van der Waals surface area contributed by atoms with Gasteiger partial charge >= 0.3 is 0 Å². The number of thiophene rings is 1. The van der Waals surface area contributed by atoms with Gasteiger partial charge in [-0.2, -0.15) is 0 Å². The fourth-order valence-corrected chi connectivity index (χ4v) is 5.42. The Morgan fingerprint density at radius 2 is 1.74 bits per heavy atom. The summed E-state index contributed by atoms with van der Waals surface area (Å²) < 4.78 is 6.50. The molecule has 0 bridgehead atoms. The number of rotatable bonds is 8. The molecule has 0 aliphatic carbocycles. The molecule has 2 N–H and O–H groups in total. The van der Waals surface area contributed by atoms with Crippen molar-refractivity contribution in [3.05, 3.63) is 100 Å². The number of ether oxygens (including phenoxy) is 1. The number of thiazole rings is 1. The summed E-state index contributed by atoms with van der Waals surface area (Å²) in [6.07, 6.45) is 0. The number of hydrogen-bond donors (Lipinski definition) is 2. The number of halogens is 1. The van der Waals surface area contributed by atoms with Crippen molar-refractivity contribution in [2.75, 3.05) is 12.4 Å². The van der Waals surface area contributed by atoms with Crippen LogP contribution in [0.25, 0.3) is 21.3 Å². The lowest BCUT2D eigenvalue weighted by atomic mass is 10.1. The number of nitrogens with one attached hydrogen (secondary N) is 2. The molecule has 0 fully saturated rings. The van der Waals surface area contributed by atoms with Crippen LogP contribution in [0.5, 0.6) is 5.75 Å². The summed E-state index contributed by atoms with van der Waals surface area (Å²) in [6.45, 7) is 1.59. The van der Waals surface area contributed by atoms with Crippen molar-refractivity contribution in [1.29, 1.82) is 0 Å². The van der Waals surface area contributed by atoms with Gasteiger partial charge in [-0.3, -0.25) is 10.1 Å². The molecule has 0 radical (unpaired) electrons. The highest BCUT2D eigenvalue weighted by molar-refractivity contribution is 7.23. The molecule has 0 unspecified atom stereocenters. The normalized spacial score (nSPS) is 10.7. The van der Waals surface area contributed by atoms with Crippen LogP contribution in [0.15, 0.2) is 84.2 Å². The number of aromatic nitrogens is 1. The van der Waals surface area contributed by atoms with Crippen LogP contribution in [0, 0.1) is 0 Å². The Balaban J connectivity index is 0.00000289. The Hall–Kier alpha value is -3.23. The van der Waals surface area contributed by atoms with E-state index in [1.54, 1.807) is 18.4 Å². The number of methoxy groups -OCH3 is 1. The number of nitrogens with zero attached hydrogens (tertiary/aromatic N) is 1. The fourth-order valence-electron chi connectivity index (χ4n) is 3.73. The lowest BCUT2D eigenvalue weighted by Crippen LogP contribution is -2.13. The van der Waals surface area contributed by atoms with Crippen LogP contribution in [-0.4, -0.2) is 18.0 Å². The molecule has 0 saturated heterocycles. The molecule has 0 atom stereocenters. The number of fused-ring (bicyclic) bond motifs is 1. The molecular formula is C27H24ClN3O2S2. The number of hydrogen-bond acceptors (Lipinski definition) is 6. The molecule has 178 valence electrons. The minimum Gasteiger partial charge on any atom is -0.494 e. The average Bonchev–Trinajstić information content (AvgIpc) is 3.54. The van der Waals surface area contributed by atoms with Crippen molar-refractivity contribution in [3.63, 3.8) is 0 Å². The maximum absolute atomic E-state index is 12.9. The maximum Gasteiger partial charge on any atom is 0.257 e. The van der Waals surface area contributed by atoms with Crippen LogP contribution < -0.4 is 15.4 Å². The molecule has 2 aromatic heterocycles. The van der Waals surface area contributed by atoms with E-state index in [1.165, 1.54) is 16.2 Å². The summed E-state index contributed by atoms with van der Waals surface area (Å²) in [6, 6.07) is 25.9. The van der Waals surface area contributed by atoms with E-state index in [-0.39, 0.29) is 18.3 Å². The van der Waals surface area contributed by atoms with Crippen LogP contribution in [0.1, 0.15) is 20.8 Å². The second kappa shape index (κ2) is 11.5. The van der Waals surface area contributed by atoms with Crippen molar-refractivity contribution in [1.82, 2.24) is 10.3 Å². The molecule has 0 spiro atoms. The fraction of sp³-hybridized carbons (Fsp3) is 0.111. The predicted octanol–water partition coefficient (Wildman–Crippen LogP) is 7.00. The summed E-state index contributed by atoms with van der Waals surface area (Å²) in [4.78, 5) is 18.9. The van der Waals surface area contributed by atoms with E-state index in [1.807, 2.05) is 54.6 Å². The van der Waals surface area contributed by atoms with Crippen LogP contribution >= 0.6 is 35.1 Å². The zero-order valence-corrected chi connectivity index (χ0v) is 21.4. The number of carbonyl (C=O) groups excluding carboxylic acids is 1. The smallest absolute Gasteiger partial charge is 0.257 e. The second-order valence-corrected chi connectivity index (χ2v) is 9.74. The van der Waals surface area contributed by atoms with Gasteiger partial charge in [0.1, 0.15) is 11.3 Å². The number of carbonyl (C=O) groups is 1. The van der Waals surface area contributed by atoms with Gasteiger partial charge < -0.3 is 10.1 Å². The molecule has 0 aliphatic heterocycles. The summed E-state index contributed by atoms with van der Waals surface area (Å²) in [5.41, 5.74) is 4.63. The van der Waals surface area contributed by atoms with Crippen LogP contribution in [0.4, 0.5) is 5.13 Å². The van der Waals surface area contributed by atoms with E-state index in [0.29, 0.717) is 16.4 Å². The van der Waals surface area contributed by atoms with Gasteiger partial charge in [-0.15, -0.1) is 23.7 Å². The van der Waals surface area contributed by atoms with Crippen molar-refractivity contribution in [2.24, 2.45) is 0 Å². The number of amides is 1. The molecule has 1 amide bonds. The molecule has 5 rings (SSSR count). The monoisotopic (exact) mass is 521 g/mol. The third-order valence-electron chi connectivity index (χ3n) is 5.46. The Kier molecular flexibility index (Phi) is 8.15. The Morgan fingerprint density at radius 3 is 2.46 bits per heavy atom. The van der Waals surface area contributed by atoms with E-state index >= 15 is 0 Å². The second-order valence-electron chi connectivity index (χ2n) is 7.71. The summed E-state index contributed by atoms with van der Waals surface area (Å²) in [5.74, 6) is 0.503. The first kappa shape index (κ1) is 24.9. The molecule has 3 aromatic carbocycles. The molecule has 8 heteroatoms. The zero-order chi connectivity index (χ0) is 23.3. The van der Waals surface area contributed by atoms with Gasteiger partial charge in [0.15, 0.2) is 5.13 Å². The third-order valence-corrected chi connectivity index (χ3v) is 7.34. The standard InChI is InChI=1S/C27H23N3O2S2.ClH/c1-32-23-14-13-22(19-6-3-2-4-7-19)25-24(23)29-27(34-25)30-26(31)20-11-9-18(10-12-20)16-28-17-21-8-5-15-33-21;/h2-15,28H,16-17H2,1H3,(H,29,30,31);1H.